The molecule has 2 amide bonds. The van der Waals surface area contributed by atoms with Crippen LogP contribution in [0.25, 0.3) is 0 Å². The number of thioether (sulfide) groups is 1. The maximum atomic E-state index is 14.0. The number of hydrogen-bond donors (Lipinski definition) is 1. The highest BCUT2D eigenvalue weighted by Crippen LogP contribution is 2.23. The summed E-state index contributed by atoms with van der Waals surface area (Å²) < 4.78 is 27.7. The van der Waals surface area contributed by atoms with Crippen molar-refractivity contribution in [2.24, 2.45) is 0 Å². The molecule has 0 aromatic heterocycles. The SMILES string of the molecule is CN(C(=O)c1cc(F)cc(NC(=O)Cc2ccccc2F)c1)C1CCSCC1. The molecule has 28 heavy (non-hydrogen) atoms. The fourth-order valence-corrected chi connectivity index (χ4v) is 4.33. The molecule has 148 valence electrons. The smallest absolute Gasteiger partial charge is 0.254 e. The molecule has 1 fully saturated rings. The molecule has 0 saturated carbocycles. The van der Waals surface area contributed by atoms with Gasteiger partial charge in [-0.05, 0) is 54.2 Å². The molecule has 0 unspecified atom stereocenters. The van der Waals surface area contributed by atoms with Crippen LogP contribution in [0.1, 0.15) is 28.8 Å². The van der Waals surface area contributed by atoms with Gasteiger partial charge in [-0.15, -0.1) is 0 Å². The molecule has 2 aromatic rings. The standard InChI is InChI=1S/C21H22F2N2O2S/c1-25(18-6-8-28-9-7-18)21(27)15-10-16(22)13-17(11-15)24-20(26)12-14-4-2-3-5-19(14)23/h2-5,10-11,13,18H,6-9,12H2,1H3,(H,24,26). The second-order valence-corrected chi connectivity index (χ2v) is 8.03. The molecule has 3 rings (SSSR count). The van der Waals surface area contributed by atoms with Crippen molar-refractivity contribution in [1.82, 2.24) is 4.90 Å². The van der Waals surface area contributed by atoms with Crippen molar-refractivity contribution < 1.29 is 18.4 Å². The normalized spacial score (nSPS) is 14.5. The minimum atomic E-state index is -0.611. The number of carbonyl (C=O) groups is 2. The molecular formula is C21H22F2N2O2S. The molecule has 0 bridgehead atoms. The fraction of sp³-hybridized carbons (Fsp3) is 0.333. The van der Waals surface area contributed by atoms with Crippen LogP contribution in [0, 0.1) is 11.6 Å². The van der Waals surface area contributed by atoms with E-state index in [1.807, 2.05) is 11.8 Å². The first-order valence-electron chi connectivity index (χ1n) is 9.13. The molecule has 0 spiro atoms. The van der Waals surface area contributed by atoms with E-state index in [1.54, 1.807) is 24.1 Å². The predicted octanol–water partition coefficient (Wildman–Crippen LogP) is 4.11. The fourth-order valence-electron chi connectivity index (χ4n) is 3.25. The number of nitrogens with one attached hydrogen (secondary N) is 1. The summed E-state index contributed by atoms with van der Waals surface area (Å²) in [7, 11) is 1.73. The van der Waals surface area contributed by atoms with Gasteiger partial charge in [0.15, 0.2) is 0 Å². The topological polar surface area (TPSA) is 49.4 Å². The van der Waals surface area contributed by atoms with Crippen molar-refractivity contribution in [2.45, 2.75) is 25.3 Å². The summed E-state index contributed by atoms with van der Waals surface area (Å²) in [5.74, 6) is 0.165. The Balaban J connectivity index is 1.71. The van der Waals surface area contributed by atoms with Gasteiger partial charge in [-0.3, -0.25) is 9.59 Å². The zero-order chi connectivity index (χ0) is 20.1. The number of hydrogen-bond acceptors (Lipinski definition) is 3. The highest BCUT2D eigenvalue weighted by molar-refractivity contribution is 7.99. The van der Waals surface area contributed by atoms with Crippen LogP contribution in [0.2, 0.25) is 0 Å². The minimum Gasteiger partial charge on any atom is -0.339 e. The molecule has 2 aromatic carbocycles. The summed E-state index contributed by atoms with van der Waals surface area (Å²) in [5.41, 5.74) is 0.613. The lowest BCUT2D eigenvalue weighted by Gasteiger charge is -2.31. The van der Waals surface area contributed by atoms with Gasteiger partial charge in [0.05, 0.1) is 6.42 Å². The van der Waals surface area contributed by atoms with E-state index in [4.69, 9.17) is 0 Å². The van der Waals surface area contributed by atoms with Gasteiger partial charge in [0.1, 0.15) is 11.6 Å². The van der Waals surface area contributed by atoms with E-state index in [0.717, 1.165) is 30.4 Å². The summed E-state index contributed by atoms with van der Waals surface area (Å²) >= 11 is 1.86. The van der Waals surface area contributed by atoms with E-state index in [2.05, 4.69) is 5.32 Å². The van der Waals surface area contributed by atoms with E-state index >= 15 is 0 Å². The van der Waals surface area contributed by atoms with Crippen LogP contribution in [0.4, 0.5) is 14.5 Å². The zero-order valence-electron chi connectivity index (χ0n) is 15.6. The van der Waals surface area contributed by atoms with Crippen molar-refractivity contribution >= 4 is 29.3 Å². The molecule has 1 N–H and O–H groups in total. The maximum Gasteiger partial charge on any atom is 0.254 e. The van der Waals surface area contributed by atoms with Gasteiger partial charge >= 0.3 is 0 Å². The Labute approximate surface area is 167 Å². The van der Waals surface area contributed by atoms with Crippen LogP contribution in [0.5, 0.6) is 0 Å². The van der Waals surface area contributed by atoms with Gasteiger partial charge in [0.2, 0.25) is 5.91 Å². The lowest BCUT2D eigenvalue weighted by molar-refractivity contribution is -0.115. The summed E-state index contributed by atoms with van der Waals surface area (Å²) in [6, 6.07) is 9.90. The molecular weight excluding hydrogens is 382 g/mol. The van der Waals surface area contributed by atoms with Gasteiger partial charge in [0, 0.05) is 24.3 Å². The maximum absolute atomic E-state index is 14.0. The molecule has 0 aliphatic carbocycles. The van der Waals surface area contributed by atoms with Crippen molar-refractivity contribution in [3.63, 3.8) is 0 Å². The number of benzene rings is 2. The van der Waals surface area contributed by atoms with E-state index in [-0.39, 0.29) is 35.2 Å². The van der Waals surface area contributed by atoms with Crippen LogP contribution in [-0.2, 0) is 11.2 Å². The second-order valence-electron chi connectivity index (χ2n) is 6.80. The molecule has 1 aliphatic heterocycles. The van der Waals surface area contributed by atoms with Gasteiger partial charge in [-0.2, -0.15) is 11.8 Å². The molecule has 4 nitrogen and oxygen atoms in total. The Kier molecular flexibility index (Phi) is 6.67. The number of nitrogens with zero attached hydrogens (tertiary/aromatic N) is 1. The van der Waals surface area contributed by atoms with Gasteiger partial charge in [0.25, 0.3) is 5.91 Å². The Morgan fingerprint density at radius 2 is 1.86 bits per heavy atom. The third-order valence-corrected chi connectivity index (χ3v) is 5.84. The van der Waals surface area contributed by atoms with E-state index in [1.165, 1.54) is 24.3 Å². The summed E-state index contributed by atoms with van der Waals surface area (Å²) in [6.45, 7) is 0. The first kappa shape index (κ1) is 20.3. The summed E-state index contributed by atoms with van der Waals surface area (Å²) in [6.07, 6.45) is 1.65. The highest BCUT2D eigenvalue weighted by atomic mass is 32.2. The average Bonchev–Trinajstić information content (AvgIpc) is 2.68. The number of anilines is 1. The van der Waals surface area contributed by atoms with E-state index in [0.29, 0.717) is 0 Å². The number of amides is 2. The average molecular weight is 404 g/mol. The van der Waals surface area contributed by atoms with Crippen molar-refractivity contribution in [3.05, 3.63) is 65.2 Å². The minimum absolute atomic E-state index is 0.135. The lowest BCUT2D eigenvalue weighted by Crippen LogP contribution is -2.39. The molecule has 7 heteroatoms. The van der Waals surface area contributed by atoms with Crippen molar-refractivity contribution in [2.75, 3.05) is 23.9 Å². The van der Waals surface area contributed by atoms with E-state index < -0.39 is 17.5 Å². The highest BCUT2D eigenvalue weighted by Gasteiger charge is 2.24. The molecule has 1 aliphatic rings. The quantitative estimate of drug-likeness (QED) is 0.816. The van der Waals surface area contributed by atoms with Crippen LogP contribution in [-0.4, -0.2) is 41.3 Å². The Morgan fingerprint density at radius 1 is 1.14 bits per heavy atom. The first-order chi connectivity index (χ1) is 13.4. The molecule has 0 atom stereocenters. The molecule has 1 saturated heterocycles. The van der Waals surface area contributed by atoms with Crippen LogP contribution in [0.15, 0.2) is 42.5 Å². The molecule has 1 heterocycles. The third kappa shape index (κ3) is 5.10. The van der Waals surface area contributed by atoms with Gasteiger partial charge in [-0.25, -0.2) is 8.78 Å². The van der Waals surface area contributed by atoms with Crippen LogP contribution < -0.4 is 5.32 Å². The largest absolute Gasteiger partial charge is 0.339 e. The lowest BCUT2D eigenvalue weighted by atomic mass is 10.1. The zero-order valence-corrected chi connectivity index (χ0v) is 16.4. The van der Waals surface area contributed by atoms with Crippen LogP contribution >= 0.6 is 11.8 Å². The molecule has 0 radical (unpaired) electrons. The van der Waals surface area contributed by atoms with Crippen molar-refractivity contribution in [3.8, 4) is 0 Å². The van der Waals surface area contributed by atoms with Gasteiger partial charge < -0.3 is 10.2 Å². The monoisotopic (exact) mass is 404 g/mol. The van der Waals surface area contributed by atoms with E-state index in [9.17, 15) is 18.4 Å². The Hall–Kier alpha value is -2.41. The Morgan fingerprint density at radius 3 is 2.57 bits per heavy atom. The number of halogens is 2. The second kappa shape index (κ2) is 9.19. The third-order valence-electron chi connectivity index (χ3n) is 4.80. The van der Waals surface area contributed by atoms with Gasteiger partial charge in [-0.1, -0.05) is 18.2 Å². The Bertz CT molecular complexity index is 869. The van der Waals surface area contributed by atoms with Crippen LogP contribution in [0.3, 0.4) is 0 Å². The number of carbonyl (C=O) groups excluding carboxylic acids is 2. The predicted molar refractivity (Wildman–Crippen MR) is 108 cm³/mol. The number of rotatable bonds is 5. The first-order valence-corrected chi connectivity index (χ1v) is 10.3. The van der Waals surface area contributed by atoms with Crippen molar-refractivity contribution in [1.29, 1.82) is 0 Å². The summed E-state index contributed by atoms with van der Waals surface area (Å²) in [5, 5.41) is 2.55. The summed E-state index contributed by atoms with van der Waals surface area (Å²) in [4.78, 5) is 26.6.